The molecular weight excluding hydrogens is 508 g/mol. The predicted molar refractivity (Wildman–Crippen MR) is 154 cm³/mol. The maximum atomic E-state index is 13.5. The summed E-state index contributed by atoms with van der Waals surface area (Å²) < 4.78 is 7.44. The molecule has 11 heteroatoms. The van der Waals surface area contributed by atoms with Crippen LogP contribution in [0.15, 0.2) is 35.9 Å². The normalized spacial score (nSPS) is 25.6. The number of nitrogens with one attached hydrogen (secondary N) is 3. The van der Waals surface area contributed by atoms with Crippen LogP contribution >= 0.6 is 0 Å². The molecule has 2 amide bonds. The van der Waals surface area contributed by atoms with E-state index in [1.807, 2.05) is 41.2 Å². The molecule has 2 fully saturated rings. The molecule has 1 aromatic carbocycles. The highest BCUT2D eigenvalue weighted by atomic mass is 16.5. The molecular formula is C29H42N8O3. The third kappa shape index (κ3) is 4.59. The molecule has 0 spiro atoms. The molecule has 11 nitrogen and oxygen atoms in total. The number of anilines is 1. The first kappa shape index (κ1) is 26.6. The molecule has 1 aliphatic carbocycles. The topological polar surface area (TPSA) is 120 Å². The summed E-state index contributed by atoms with van der Waals surface area (Å²) in [6.07, 6.45) is 10.6. The Hall–Kier alpha value is -3.60. The van der Waals surface area contributed by atoms with Crippen LogP contribution in [0.5, 0.6) is 5.75 Å². The van der Waals surface area contributed by atoms with E-state index in [1.54, 1.807) is 11.7 Å². The summed E-state index contributed by atoms with van der Waals surface area (Å²) in [6, 6.07) is 6.34. The first-order valence-electron chi connectivity index (χ1n) is 14.7. The Morgan fingerprint density at radius 2 is 1.90 bits per heavy atom. The average Bonchev–Trinajstić information content (AvgIpc) is 3.62. The number of amides is 2. The standard InChI is InChI=1S/C29H42N8O3/c1-4-20-18-34(2)25-26(37(20)21-10-6-7-11-21)32-29(30,33-27(25)38)31-22-16-19-12-15-36(23(19)17-24(22)40-3)28(39)35-13-8-5-9-14-35/h12,15-17,20-21,31-32H,4-11,13-14,18,30H2,1-3H3,(H,33,38)/t20?,29-/m1/s1. The number of rotatable bonds is 5. The fraction of sp³-hybridized carbons (Fsp3) is 0.586. The van der Waals surface area contributed by atoms with Crippen LogP contribution in [0, 0.1) is 0 Å². The lowest BCUT2D eigenvalue weighted by atomic mass is 10.0. The number of ether oxygens (including phenoxy) is 1. The van der Waals surface area contributed by atoms with Crippen LogP contribution in [0.2, 0.25) is 0 Å². The number of hydrogen-bond acceptors (Lipinski definition) is 8. The second kappa shape index (κ2) is 10.4. The van der Waals surface area contributed by atoms with Gasteiger partial charge in [0.25, 0.3) is 5.91 Å². The third-order valence-corrected chi connectivity index (χ3v) is 8.95. The van der Waals surface area contributed by atoms with Gasteiger partial charge >= 0.3 is 6.03 Å². The van der Waals surface area contributed by atoms with Gasteiger partial charge in [-0.15, -0.1) is 0 Å². The van der Waals surface area contributed by atoms with Crippen molar-refractivity contribution >= 4 is 28.5 Å². The number of fused-ring (bicyclic) bond motifs is 1. The van der Waals surface area contributed by atoms with Crippen molar-refractivity contribution in [3.05, 3.63) is 35.9 Å². The summed E-state index contributed by atoms with van der Waals surface area (Å²) in [6.45, 7) is 4.55. The van der Waals surface area contributed by atoms with E-state index in [0.29, 0.717) is 23.2 Å². The molecule has 6 rings (SSSR count). The molecule has 1 aromatic heterocycles. The monoisotopic (exact) mass is 550 g/mol. The van der Waals surface area contributed by atoms with Gasteiger partial charge in [0.2, 0.25) is 5.91 Å². The van der Waals surface area contributed by atoms with Gasteiger partial charge in [-0.25, -0.2) is 4.79 Å². The summed E-state index contributed by atoms with van der Waals surface area (Å²) in [7, 11) is 3.56. The van der Waals surface area contributed by atoms with Crippen molar-refractivity contribution in [2.75, 3.05) is 39.1 Å². The lowest BCUT2D eigenvalue weighted by Gasteiger charge is -2.52. The van der Waals surface area contributed by atoms with Crippen LogP contribution in [0.3, 0.4) is 0 Å². The van der Waals surface area contributed by atoms with Gasteiger partial charge in [0, 0.05) is 56.4 Å². The molecule has 5 N–H and O–H groups in total. The SMILES string of the molecule is CCC1CN(C)C2=C(N[C@@](N)(Nc3cc4ccn(C(=O)N5CCCCC5)c4cc3OC)NC2=O)N1C1CCCC1. The van der Waals surface area contributed by atoms with Gasteiger partial charge in [-0.1, -0.05) is 19.8 Å². The molecule has 4 heterocycles. The van der Waals surface area contributed by atoms with Gasteiger partial charge in [-0.3, -0.25) is 20.4 Å². The van der Waals surface area contributed by atoms with Crippen molar-refractivity contribution in [1.82, 2.24) is 29.9 Å². The summed E-state index contributed by atoms with van der Waals surface area (Å²) in [4.78, 5) is 33.1. The van der Waals surface area contributed by atoms with E-state index in [1.165, 1.54) is 12.8 Å². The van der Waals surface area contributed by atoms with Crippen molar-refractivity contribution in [2.24, 2.45) is 5.73 Å². The zero-order valence-electron chi connectivity index (χ0n) is 23.8. The highest BCUT2D eigenvalue weighted by molar-refractivity contribution is 5.96. The van der Waals surface area contributed by atoms with Crippen molar-refractivity contribution in [1.29, 1.82) is 0 Å². The second-order valence-electron chi connectivity index (χ2n) is 11.6. The Morgan fingerprint density at radius 3 is 2.60 bits per heavy atom. The molecule has 2 atom stereocenters. The minimum absolute atomic E-state index is 0.0210. The van der Waals surface area contributed by atoms with Gasteiger partial charge in [0.15, 0.2) is 0 Å². The molecule has 4 aliphatic rings. The molecule has 40 heavy (non-hydrogen) atoms. The van der Waals surface area contributed by atoms with E-state index in [-0.39, 0.29) is 18.0 Å². The predicted octanol–water partition coefficient (Wildman–Crippen LogP) is 2.94. The minimum Gasteiger partial charge on any atom is -0.495 e. The highest BCUT2D eigenvalue weighted by Crippen LogP contribution is 2.37. The molecule has 0 radical (unpaired) electrons. The third-order valence-electron chi connectivity index (χ3n) is 8.95. The Morgan fingerprint density at radius 1 is 1.15 bits per heavy atom. The molecule has 216 valence electrons. The zero-order chi connectivity index (χ0) is 28.0. The Labute approximate surface area is 235 Å². The van der Waals surface area contributed by atoms with Gasteiger partial charge < -0.3 is 30.1 Å². The van der Waals surface area contributed by atoms with Gasteiger partial charge in [0.05, 0.1) is 18.3 Å². The molecule has 1 unspecified atom stereocenters. The van der Waals surface area contributed by atoms with Crippen molar-refractivity contribution in [3.63, 3.8) is 0 Å². The number of benzene rings is 1. The number of likely N-dealkylation sites (N-methyl/N-ethyl adjacent to an activating group) is 1. The van der Waals surface area contributed by atoms with E-state index in [9.17, 15) is 9.59 Å². The molecule has 2 aromatic rings. The zero-order valence-corrected chi connectivity index (χ0v) is 23.8. The number of aromatic nitrogens is 1. The van der Waals surface area contributed by atoms with Crippen LogP contribution in [0.1, 0.15) is 58.3 Å². The van der Waals surface area contributed by atoms with Crippen molar-refractivity contribution in [2.45, 2.75) is 76.3 Å². The van der Waals surface area contributed by atoms with Crippen LogP contribution in [-0.2, 0) is 4.79 Å². The maximum Gasteiger partial charge on any atom is 0.328 e. The van der Waals surface area contributed by atoms with E-state index in [2.05, 4.69) is 27.8 Å². The Bertz CT molecular complexity index is 1330. The number of likely N-dealkylation sites (tertiary alicyclic amines) is 1. The van der Waals surface area contributed by atoms with E-state index in [0.717, 1.165) is 74.9 Å². The van der Waals surface area contributed by atoms with Crippen LogP contribution in [0.25, 0.3) is 10.9 Å². The highest BCUT2D eigenvalue weighted by Gasteiger charge is 2.46. The number of carbonyl (C=O) groups excluding carboxylic acids is 2. The number of carbonyl (C=O) groups is 2. The van der Waals surface area contributed by atoms with Crippen LogP contribution in [-0.4, -0.2) is 83.0 Å². The average molecular weight is 551 g/mol. The smallest absolute Gasteiger partial charge is 0.328 e. The molecule has 3 aliphatic heterocycles. The first-order valence-corrected chi connectivity index (χ1v) is 14.7. The second-order valence-corrected chi connectivity index (χ2v) is 11.6. The quantitative estimate of drug-likeness (QED) is 0.420. The van der Waals surface area contributed by atoms with Crippen molar-refractivity contribution in [3.8, 4) is 5.75 Å². The first-order chi connectivity index (χ1) is 19.3. The fourth-order valence-corrected chi connectivity index (χ4v) is 6.94. The largest absolute Gasteiger partial charge is 0.495 e. The summed E-state index contributed by atoms with van der Waals surface area (Å²) >= 11 is 0. The number of methoxy groups -OCH3 is 1. The molecule has 1 saturated carbocycles. The van der Waals surface area contributed by atoms with Crippen LogP contribution in [0.4, 0.5) is 10.5 Å². The van der Waals surface area contributed by atoms with E-state index in [4.69, 9.17) is 10.5 Å². The van der Waals surface area contributed by atoms with Gasteiger partial charge in [0.1, 0.15) is 17.3 Å². The molecule has 0 bridgehead atoms. The Balaban J connectivity index is 1.31. The van der Waals surface area contributed by atoms with E-state index >= 15 is 0 Å². The number of nitrogens with zero attached hydrogens (tertiary/aromatic N) is 4. The van der Waals surface area contributed by atoms with Crippen molar-refractivity contribution < 1.29 is 14.3 Å². The summed E-state index contributed by atoms with van der Waals surface area (Å²) in [5, 5.41) is 10.6. The molecule has 1 saturated heterocycles. The van der Waals surface area contributed by atoms with E-state index < -0.39 is 5.91 Å². The summed E-state index contributed by atoms with van der Waals surface area (Å²) in [5.74, 6) is -0.359. The summed E-state index contributed by atoms with van der Waals surface area (Å²) in [5.41, 5.74) is 8.84. The lowest BCUT2D eigenvalue weighted by Crippen LogP contribution is -2.76. The number of hydrogen-bond donors (Lipinski definition) is 4. The minimum atomic E-state index is -1.45. The Kier molecular flexibility index (Phi) is 6.93. The maximum absolute atomic E-state index is 13.5. The fourth-order valence-electron chi connectivity index (χ4n) is 6.94. The van der Waals surface area contributed by atoms with Gasteiger partial charge in [-0.05, 0) is 50.7 Å². The van der Waals surface area contributed by atoms with Crippen LogP contribution < -0.4 is 26.4 Å². The van der Waals surface area contributed by atoms with Gasteiger partial charge in [-0.2, -0.15) is 0 Å². The number of nitrogens with two attached hydrogens (primary N) is 1. The lowest BCUT2D eigenvalue weighted by molar-refractivity contribution is -0.123. The number of piperidine rings is 1.